The maximum Gasteiger partial charge on any atom is 0.0994 e. The van der Waals surface area contributed by atoms with Crippen molar-refractivity contribution in [3.8, 4) is 41.9 Å². The van der Waals surface area contributed by atoms with E-state index in [1.807, 2.05) is 92.7 Å². The lowest BCUT2D eigenvalue weighted by molar-refractivity contribution is 0.603. The number of terminal acetylenes is 1. The Morgan fingerprint density at radius 2 is 1.38 bits per heavy atom. The largest absolute Gasteiger partial charge is 0.309 e. The molecule has 1 aliphatic rings. The van der Waals surface area contributed by atoms with E-state index < -0.39 is 5.41 Å². The molecule has 2 aromatic heterocycles. The van der Waals surface area contributed by atoms with Crippen LogP contribution in [0.1, 0.15) is 48.2 Å². The highest BCUT2D eigenvalue weighted by molar-refractivity contribution is 6.09. The zero-order chi connectivity index (χ0) is 36.0. The molecular weight excluding hydrogens is 635 g/mol. The van der Waals surface area contributed by atoms with Crippen LogP contribution in [0.5, 0.6) is 0 Å². The summed E-state index contributed by atoms with van der Waals surface area (Å²) in [6.07, 6.45) is 12.2. The lowest BCUT2D eigenvalue weighted by atomic mass is 9.69. The number of fused-ring (bicyclic) bond motifs is 4. The van der Waals surface area contributed by atoms with Crippen LogP contribution >= 0.6 is 0 Å². The Morgan fingerprint density at radius 1 is 0.731 bits per heavy atom. The van der Waals surface area contributed by atoms with Gasteiger partial charge in [-0.2, -0.15) is 15.8 Å². The molecule has 0 radical (unpaired) electrons. The monoisotopic (exact) mass is 665 g/mol. The van der Waals surface area contributed by atoms with Crippen molar-refractivity contribution in [3.05, 3.63) is 161 Å². The summed E-state index contributed by atoms with van der Waals surface area (Å²) in [4.78, 5) is 0. The molecule has 1 unspecified atom stereocenters. The Kier molecular flexibility index (Phi) is 7.70. The van der Waals surface area contributed by atoms with Crippen molar-refractivity contribution in [1.29, 1.82) is 15.8 Å². The Hall–Kier alpha value is -7.31. The van der Waals surface area contributed by atoms with Gasteiger partial charge in [0, 0.05) is 27.4 Å². The average molecular weight is 666 g/mol. The van der Waals surface area contributed by atoms with Crippen molar-refractivity contribution in [1.82, 2.24) is 9.13 Å². The van der Waals surface area contributed by atoms with Crippen molar-refractivity contribution in [2.45, 2.75) is 20.3 Å². The van der Waals surface area contributed by atoms with Crippen molar-refractivity contribution in [2.75, 3.05) is 0 Å². The van der Waals surface area contributed by atoms with Crippen molar-refractivity contribution in [3.63, 3.8) is 0 Å². The van der Waals surface area contributed by atoms with Gasteiger partial charge in [-0.15, -0.1) is 6.42 Å². The van der Waals surface area contributed by atoms with Crippen LogP contribution in [-0.4, -0.2) is 9.13 Å². The molecule has 0 saturated heterocycles. The molecule has 0 saturated carbocycles. The van der Waals surface area contributed by atoms with Crippen LogP contribution in [0.25, 0.3) is 61.3 Å². The van der Waals surface area contributed by atoms with Gasteiger partial charge in [0.05, 0.1) is 68.3 Å². The van der Waals surface area contributed by atoms with E-state index in [2.05, 4.69) is 81.8 Å². The normalized spacial score (nSPS) is 15.8. The Labute approximate surface area is 302 Å². The van der Waals surface area contributed by atoms with E-state index in [0.717, 1.165) is 77.6 Å². The van der Waals surface area contributed by atoms with Crippen LogP contribution in [0, 0.1) is 51.8 Å². The number of nitriles is 3. The predicted molar refractivity (Wildman–Crippen MR) is 210 cm³/mol. The number of para-hydroxylation sites is 3. The minimum absolute atomic E-state index is 0.370. The molecule has 0 bridgehead atoms. The SMILES string of the molecule is C#Cc1c(/C=C\C)n(-c2ccc(C3=CC(C#N)=C(c4ccccc4-n4c5ccccc5c5ccccc54)CC3(C)C#N)cc2)c2ccc(C#N)cc12. The van der Waals surface area contributed by atoms with Gasteiger partial charge in [0.15, 0.2) is 0 Å². The molecule has 0 aliphatic heterocycles. The summed E-state index contributed by atoms with van der Waals surface area (Å²) in [6.45, 7) is 3.90. The number of hydrogen-bond acceptors (Lipinski definition) is 3. The van der Waals surface area contributed by atoms with Crippen LogP contribution < -0.4 is 0 Å². The van der Waals surface area contributed by atoms with Gasteiger partial charge in [-0.25, -0.2) is 0 Å². The predicted octanol–water partition coefficient (Wildman–Crippen LogP) is 10.9. The van der Waals surface area contributed by atoms with Crippen molar-refractivity contribution >= 4 is 49.9 Å². The molecule has 1 aliphatic carbocycles. The van der Waals surface area contributed by atoms with Crippen LogP contribution in [0.4, 0.5) is 0 Å². The molecule has 0 amide bonds. The molecule has 244 valence electrons. The van der Waals surface area contributed by atoms with Crippen LogP contribution in [-0.2, 0) is 0 Å². The van der Waals surface area contributed by atoms with Gasteiger partial charge in [0.25, 0.3) is 0 Å². The van der Waals surface area contributed by atoms with E-state index in [-0.39, 0.29) is 0 Å². The van der Waals surface area contributed by atoms with E-state index in [0.29, 0.717) is 17.6 Å². The fourth-order valence-electron chi connectivity index (χ4n) is 7.80. The molecule has 8 rings (SSSR count). The summed E-state index contributed by atoms with van der Waals surface area (Å²) in [7, 11) is 0. The van der Waals surface area contributed by atoms with Gasteiger partial charge in [-0.3, -0.25) is 0 Å². The smallest absolute Gasteiger partial charge is 0.0994 e. The third-order valence-corrected chi connectivity index (χ3v) is 10.2. The first kappa shape index (κ1) is 31.9. The molecule has 5 nitrogen and oxygen atoms in total. The lowest BCUT2D eigenvalue weighted by Gasteiger charge is -2.32. The quantitative estimate of drug-likeness (QED) is 0.172. The van der Waals surface area contributed by atoms with E-state index in [9.17, 15) is 15.8 Å². The topological polar surface area (TPSA) is 81.2 Å². The van der Waals surface area contributed by atoms with Gasteiger partial charge in [0.1, 0.15) is 0 Å². The minimum Gasteiger partial charge on any atom is -0.309 e. The summed E-state index contributed by atoms with van der Waals surface area (Å²) < 4.78 is 4.36. The molecule has 1 atom stereocenters. The molecule has 2 heterocycles. The van der Waals surface area contributed by atoms with E-state index in [4.69, 9.17) is 6.42 Å². The average Bonchev–Trinajstić information content (AvgIpc) is 3.69. The molecule has 7 aromatic rings. The highest BCUT2D eigenvalue weighted by Gasteiger charge is 2.37. The third-order valence-electron chi connectivity index (χ3n) is 10.2. The standard InChI is InChI=1S/C47H31N5/c1-4-12-42-35(5-2)39-25-31(28-48)19-24-46(39)51(42)34-22-20-32(21-23-34)41-26-33(29-49)40(27-47(41,3)30-50)38-15-8-11-18-45(38)52-43-16-9-6-13-36(43)37-14-7-10-17-44(37)52/h2,4,6-26H,27H2,1,3H3/b12-4-. The number of nitrogens with zero attached hydrogens (tertiary/aromatic N) is 5. The zero-order valence-corrected chi connectivity index (χ0v) is 28.7. The minimum atomic E-state index is -0.911. The summed E-state index contributed by atoms with van der Waals surface area (Å²) in [6, 6.07) is 45.9. The second-order valence-electron chi connectivity index (χ2n) is 13.2. The first-order chi connectivity index (χ1) is 25.4. The van der Waals surface area contributed by atoms with Gasteiger partial charge in [-0.05, 0) is 97.7 Å². The number of rotatable bonds is 5. The summed E-state index contributed by atoms with van der Waals surface area (Å²) in [5, 5.41) is 34.2. The van der Waals surface area contributed by atoms with Gasteiger partial charge < -0.3 is 9.13 Å². The van der Waals surface area contributed by atoms with Gasteiger partial charge in [0.2, 0.25) is 0 Å². The second kappa shape index (κ2) is 12.5. The van der Waals surface area contributed by atoms with Gasteiger partial charge >= 0.3 is 0 Å². The third kappa shape index (κ3) is 4.85. The number of hydrogen-bond donors (Lipinski definition) is 0. The lowest BCUT2D eigenvalue weighted by Crippen LogP contribution is -2.21. The molecule has 0 spiro atoms. The summed E-state index contributed by atoms with van der Waals surface area (Å²) in [5.41, 5.74) is 10.1. The summed E-state index contributed by atoms with van der Waals surface area (Å²) >= 11 is 0. The zero-order valence-electron chi connectivity index (χ0n) is 28.7. The molecular formula is C47H31N5. The van der Waals surface area contributed by atoms with E-state index in [1.165, 1.54) is 0 Å². The molecule has 5 aromatic carbocycles. The highest BCUT2D eigenvalue weighted by Crippen LogP contribution is 2.49. The molecule has 5 heteroatoms. The Morgan fingerprint density at radius 3 is 2.02 bits per heavy atom. The van der Waals surface area contributed by atoms with Crippen LogP contribution in [0.3, 0.4) is 0 Å². The Balaban J connectivity index is 1.27. The molecule has 0 N–H and O–H groups in total. The van der Waals surface area contributed by atoms with E-state index >= 15 is 0 Å². The van der Waals surface area contributed by atoms with Gasteiger partial charge in [-0.1, -0.05) is 78.7 Å². The molecule has 52 heavy (non-hydrogen) atoms. The second-order valence-corrected chi connectivity index (χ2v) is 13.2. The maximum absolute atomic E-state index is 10.8. The first-order valence-electron chi connectivity index (χ1n) is 17.1. The first-order valence-corrected chi connectivity index (χ1v) is 17.1. The van der Waals surface area contributed by atoms with Crippen LogP contribution in [0.2, 0.25) is 0 Å². The fourth-order valence-corrected chi connectivity index (χ4v) is 7.80. The van der Waals surface area contributed by atoms with Crippen molar-refractivity contribution in [2.24, 2.45) is 5.41 Å². The van der Waals surface area contributed by atoms with Crippen LogP contribution in [0.15, 0.2) is 133 Å². The molecule has 0 fully saturated rings. The maximum atomic E-state index is 10.8. The van der Waals surface area contributed by atoms with E-state index in [1.54, 1.807) is 6.07 Å². The summed E-state index contributed by atoms with van der Waals surface area (Å²) in [5.74, 6) is 2.84. The number of aromatic nitrogens is 2. The Bertz CT molecular complexity index is 2830. The fraction of sp³-hybridized carbons (Fsp3) is 0.0851. The number of allylic oxidation sites excluding steroid dienone is 5. The highest BCUT2D eigenvalue weighted by atomic mass is 15.0. The number of benzene rings is 5. The van der Waals surface area contributed by atoms with Crippen molar-refractivity contribution < 1.29 is 0 Å².